The first kappa shape index (κ1) is 23.9. The minimum absolute atomic E-state index is 0.128. The number of rotatable bonds is 6. The van der Waals surface area contributed by atoms with Gasteiger partial charge in [-0.05, 0) is 87.1 Å². The summed E-state index contributed by atoms with van der Waals surface area (Å²) in [6.07, 6.45) is 5.21. The molecule has 1 N–H and O–H groups in total. The molecule has 0 spiro atoms. The van der Waals surface area contributed by atoms with E-state index in [2.05, 4.69) is 50.0 Å². The summed E-state index contributed by atoms with van der Waals surface area (Å²) in [6, 6.07) is 24.0. The highest BCUT2D eigenvalue weighted by atomic mass is 32.1. The van der Waals surface area contributed by atoms with Crippen LogP contribution in [0, 0.1) is 20.8 Å². The highest BCUT2D eigenvalue weighted by molar-refractivity contribution is 7.80. The van der Waals surface area contributed by atoms with E-state index in [0.717, 1.165) is 45.4 Å². The third-order valence-electron chi connectivity index (χ3n) is 6.92. The number of hydrogen-bond acceptors (Lipinski definition) is 5. The van der Waals surface area contributed by atoms with E-state index in [0.29, 0.717) is 5.11 Å². The number of ether oxygens (including phenoxy) is 1. The van der Waals surface area contributed by atoms with Gasteiger partial charge in [0.15, 0.2) is 5.11 Å². The predicted octanol–water partition coefficient (Wildman–Crippen LogP) is 5.68. The summed E-state index contributed by atoms with van der Waals surface area (Å²) in [4.78, 5) is 6.85. The van der Waals surface area contributed by atoms with Crippen LogP contribution in [0.5, 0.6) is 11.5 Å². The number of nitrogens with zero attached hydrogens (tertiary/aromatic N) is 6. The minimum Gasteiger partial charge on any atom is -0.457 e. The van der Waals surface area contributed by atoms with Gasteiger partial charge in [0.05, 0.1) is 17.8 Å². The van der Waals surface area contributed by atoms with Crippen molar-refractivity contribution in [1.29, 1.82) is 0 Å². The number of hydrogen-bond donors (Lipinski definition) is 1. The quantitative estimate of drug-likeness (QED) is 0.288. The molecule has 0 saturated carbocycles. The number of para-hydroxylation sites is 1. The van der Waals surface area contributed by atoms with Gasteiger partial charge >= 0.3 is 0 Å². The van der Waals surface area contributed by atoms with Gasteiger partial charge < -0.3 is 15.0 Å². The van der Waals surface area contributed by atoms with Gasteiger partial charge in [-0.2, -0.15) is 0 Å². The molecule has 190 valence electrons. The Bertz CT molecular complexity index is 1580. The zero-order valence-electron chi connectivity index (χ0n) is 21.3. The van der Waals surface area contributed by atoms with Crippen LogP contribution in [0.2, 0.25) is 0 Å². The second-order valence-corrected chi connectivity index (χ2v) is 9.72. The Morgan fingerprint density at radius 2 is 1.63 bits per heavy atom. The van der Waals surface area contributed by atoms with E-state index in [1.54, 1.807) is 12.7 Å². The summed E-state index contributed by atoms with van der Waals surface area (Å²) >= 11 is 5.92. The standard InChI is InChI=1S/C29H27N7OS/c1-19-8-4-5-10-26(19)37-23-13-11-22(12-14-23)35-28(27(33-29(35)38)25-9-6-7-15-30-25)24-16-20(2)36(21(24)3)34-17-31-32-18-34/h4-18,27-28H,1-3H3,(H,33,38)/t27-,28+/m0/s1. The van der Waals surface area contributed by atoms with Crippen LogP contribution < -0.4 is 15.0 Å². The van der Waals surface area contributed by atoms with Crippen molar-refractivity contribution in [2.75, 3.05) is 4.90 Å². The molecule has 3 aromatic heterocycles. The van der Waals surface area contributed by atoms with Gasteiger partial charge in [0.25, 0.3) is 0 Å². The number of aromatic nitrogens is 5. The van der Waals surface area contributed by atoms with E-state index in [1.807, 2.05) is 84.5 Å². The van der Waals surface area contributed by atoms with Gasteiger partial charge in [-0.15, -0.1) is 10.2 Å². The molecule has 4 heterocycles. The van der Waals surface area contributed by atoms with E-state index >= 15 is 0 Å². The first-order valence-electron chi connectivity index (χ1n) is 12.4. The summed E-state index contributed by atoms with van der Waals surface area (Å²) in [5, 5.41) is 12.2. The Kier molecular flexibility index (Phi) is 6.13. The van der Waals surface area contributed by atoms with Crippen LogP contribution in [-0.4, -0.2) is 29.6 Å². The molecule has 0 aliphatic carbocycles. The number of anilines is 1. The van der Waals surface area contributed by atoms with Gasteiger partial charge in [0, 0.05) is 28.8 Å². The lowest BCUT2D eigenvalue weighted by molar-refractivity contribution is 0.479. The largest absolute Gasteiger partial charge is 0.457 e. The molecule has 0 bridgehead atoms. The van der Waals surface area contributed by atoms with E-state index in [1.165, 1.54) is 0 Å². The van der Waals surface area contributed by atoms with Crippen LogP contribution in [0.25, 0.3) is 0 Å². The van der Waals surface area contributed by atoms with Gasteiger partial charge in [-0.3, -0.25) is 9.66 Å². The van der Waals surface area contributed by atoms with Crippen LogP contribution in [0.4, 0.5) is 5.69 Å². The average molecular weight is 522 g/mol. The smallest absolute Gasteiger partial charge is 0.174 e. The van der Waals surface area contributed by atoms with Crippen LogP contribution in [0.15, 0.2) is 91.6 Å². The molecule has 5 aromatic rings. The summed E-state index contributed by atoms with van der Waals surface area (Å²) < 4.78 is 10.1. The summed E-state index contributed by atoms with van der Waals surface area (Å²) in [7, 11) is 0. The Morgan fingerprint density at radius 3 is 2.34 bits per heavy atom. The first-order chi connectivity index (χ1) is 18.5. The highest BCUT2D eigenvalue weighted by Gasteiger charge is 2.42. The fraction of sp³-hybridized carbons (Fsp3) is 0.172. The monoisotopic (exact) mass is 521 g/mol. The minimum atomic E-state index is -0.138. The van der Waals surface area contributed by atoms with Crippen LogP contribution in [0.1, 0.15) is 40.3 Å². The fourth-order valence-electron chi connectivity index (χ4n) is 5.15. The lowest BCUT2D eigenvalue weighted by atomic mass is 9.96. The molecule has 8 nitrogen and oxygen atoms in total. The zero-order valence-corrected chi connectivity index (χ0v) is 22.1. The molecular weight excluding hydrogens is 494 g/mol. The zero-order chi connectivity index (χ0) is 26.2. The van der Waals surface area contributed by atoms with Crippen LogP contribution >= 0.6 is 12.2 Å². The number of benzene rings is 2. The Hall–Kier alpha value is -4.50. The summed E-state index contributed by atoms with van der Waals surface area (Å²) in [6.45, 7) is 6.22. The molecule has 1 aliphatic heterocycles. The van der Waals surface area contributed by atoms with Crippen molar-refractivity contribution in [3.63, 3.8) is 0 Å². The molecular formula is C29H27N7OS. The maximum absolute atomic E-state index is 6.14. The SMILES string of the molecule is Cc1ccccc1Oc1ccc(N2C(=S)N[C@@H](c3ccccn3)[C@H]2c2cc(C)n(-n3cnnc3)c2C)cc1. The number of pyridine rings is 1. The maximum atomic E-state index is 6.14. The molecule has 2 aromatic carbocycles. The predicted molar refractivity (Wildman–Crippen MR) is 150 cm³/mol. The topological polar surface area (TPSA) is 73.0 Å². The molecule has 0 amide bonds. The van der Waals surface area contributed by atoms with Crippen molar-refractivity contribution in [3.05, 3.63) is 120 Å². The molecule has 38 heavy (non-hydrogen) atoms. The normalized spacial score (nSPS) is 17.0. The van der Waals surface area contributed by atoms with Gasteiger partial charge in [-0.1, -0.05) is 24.3 Å². The van der Waals surface area contributed by atoms with Crippen molar-refractivity contribution in [3.8, 4) is 11.5 Å². The third kappa shape index (κ3) is 4.20. The molecule has 0 radical (unpaired) electrons. The number of aryl methyl sites for hydroxylation is 2. The van der Waals surface area contributed by atoms with E-state index in [-0.39, 0.29) is 12.1 Å². The number of nitrogens with one attached hydrogen (secondary N) is 1. The molecule has 2 atom stereocenters. The number of thiocarbonyl (C=S) groups is 1. The van der Waals surface area contributed by atoms with Gasteiger partial charge in [-0.25, -0.2) is 4.68 Å². The van der Waals surface area contributed by atoms with Crippen LogP contribution in [-0.2, 0) is 0 Å². The lowest BCUT2D eigenvalue weighted by Gasteiger charge is -2.28. The second-order valence-electron chi connectivity index (χ2n) is 9.34. The first-order valence-corrected chi connectivity index (χ1v) is 12.8. The molecule has 1 saturated heterocycles. The van der Waals surface area contributed by atoms with Crippen molar-refractivity contribution in [2.45, 2.75) is 32.9 Å². The second kappa shape index (κ2) is 9.75. The van der Waals surface area contributed by atoms with Crippen molar-refractivity contribution in [2.24, 2.45) is 0 Å². The molecule has 1 fully saturated rings. The van der Waals surface area contributed by atoms with Crippen molar-refractivity contribution >= 4 is 23.0 Å². The van der Waals surface area contributed by atoms with Crippen LogP contribution in [0.3, 0.4) is 0 Å². The maximum Gasteiger partial charge on any atom is 0.174 e. The molecule has 6 rings (SSSR count). The van der Waals surface area contributed by atoms with Gasteiger partial charge in [0.1, 0.15) is 24.2 Å². The Balaban J connectivity index is 1.41. The van der Waals surface area contributed by atoms with E-state index < -0.39 is 0 Å². The summed E-state index contributed by atoms with van der Waals surface area (Å²) in [5.41, 5.74) is 6.26. The highest BCUT2D eigenvalue weighted by Crippen LogP contribution is 2.43. The van der Waals surface area contributed by atoms with E-state index in [4.69, 9.17) is 17.0 Å². The molecule has 9 heteroatoms. The van der Waals surface area contributed by atoms with Gasteiger partial charge in [0.2, 0.25) is 0 Å². The average Bonchev–Trinajstić information content (AvgIpc) is 3.64. The Labute approximate surface area is 226 Å². The van der Waals surface area contributed by atoms with Crippen molar-refractivity contribution in [1.82, 2.24) is 29.9 Å². The molecule has 1 aliphatic rings. The van der Waals surface area contributed by atoms with E-state index in [9.17, 15) is 0 Å². The molecule has 0 unspecified atom stereocenters. The Morgan fingerprint density at radius 1 is 0.895 bits per heavy atom. The summed E-state index contributed by atoms with van der Waals surface area (Å²) in [5.74, 6) is 1.61. The lowest BCUT2D eigenvalue weighted by Crippen LogP contribution is -2.29. The van der Waals surface area contributed by atoms with Crippen molar-refractivity contribution < 1.29 is 4.74 Å². The third-order valence-corrected chi connectivity index (χ3v) is 7.24. The fourth-order valence-corrected chi connectivity index (χ4v) is 5.50.